The van der Waals surface area contributed by atoms with Crippen LogP contribution in [-0.4, -0.2) is 24.3 Å². The largest absolute Gasteiger partial charge is 0.345 e. The highest BCUT2D eigenvalue weighted by Crippen LogP contribution is 2.26. The van der Waals surface area contributed by atoms with Crippen LogP contribution >= 0.6 is 0 Å². The fourth-order valence-corrected chi connectivity index (χ4v) is 2.18. The first kappa shape index (κ1) is 9.35. The first-order valence-electron chi connectivity index (χ1n) is 5.62. The summed E-state index contributed by atoms with van der Waals surface area (Å²) < 4.78 is 2.00. The molecule has 0 amide bonds. The fraction of sp³-hybridized carbons (Fsp3) is 0. The quantitative estimate of drug-likeness (QED) is 0.550. The van der Waals surface area contributed by atoms with Crippen LogP contribution < -0.4 is 0 Å². The van der Waals surface area contributed by atoms with Gasteiger partial charge in [0.25, 0.3) is 0 Å². The Hall–Kier alpha value is -2.69. The molecule has 5 heteroatoms. The molecule has 0 saturated heterocycles. The molecule has 18 heavy (non-hydrogen) atoms. The standard InChI is InChI=1S/C13H9N5/c1-2-12-15-3-4-18(12)7-9(1)10-6-16-13-11(10)5-14-8-17-13/h1-8H,(H,14,16,17). The van der Waals surface area contributed by atoms with Gasteiger partial charge in [-0.05, 0) is 12.1 Å². The number of hydrogen-bond acceptors (Lipinski definition) is 3. The summed E-state index contributed by atoms with van der Waals surface area (Å²) in [5, 5.41) is 1.02. The van der Waals surface area contributed by atoms with Gasteiger partial charge in [-0.1, -0.05) is 0 Å². The maximum atomic E-state index is 4.23. The lowest BCUT2D eigenvalue weighted by Crippen LogP contribution is -1.85. The van der Waals surface area contributed by atoms with Crippen molar-refractivity contribution >= 4 is 16.7 Å². The van der Waals surface area contributed by atoms with Crippen molar-refractivity contribution in [3.63, 3.8) is 0 Å². The van der Waals surface area contributed by atoms with Crippen LogP contribution in [0.5, 0.6) is 0 Å². The van der Waals surface area contributed by atoms with E-state index in [0.29, 0.717) is 0 Å². The summed E-state index contributed by atoms with van der Waals surface area (Å²) in [7, 11) is 0. The van der Waals surface area contributed by atoms with E-state index in [0.717, 1.165) is 27.8 Å². The van der Waals surface area contributed by atoms with Crippen molar-refractivity contribution in [1.82, 2.24) is 24.3 Å². The normalized spacial score (nSPS) is 11.3. The van der Waals surface area contributed by atoms with Gasteiger partial charge >= 0.3 is 0 Å². The van der Waals surface area contributed by atoms with Crippen LogP contribution in [0.3, 0.4) is 0 Å². The Labute approximate surface area is 102 Å². The van der Waals surface area contributed by atoms with Crippen molar-refractivity contribution in [2.75, 3.05) is 0 Å². The zero-order chi connectivity index (χ0) is 11.9. The molecule has 0 atom stereocenters. The van der Waals surface area contributed by atoms with Crippen LogP contribution in [-0.2, 0) is 0 Å². The average Bonchev–Trinajstić information content (AvgIpc) is 3.04. The van der Waals surface area contributed by atoms with Crippen LogP contribution in [0.4, 0.5) is 0 Å². The molecule has 0 radical (unpaired) electrons. The molecule has 0 aliphatic rings. The molecule has 0 unspecified atom stereocenters. The number of nitrogens with zero attached hydrogens (tertiary/aromatic N) is 4. The van der Waals surface area contributed by atoms with Crippen molar-refractivity contribution in [1.29, 1.82) is 0 Å². The summed E-state index contributed by atoms with van der Waals surface area (Å²) in [4.78, 5) is 15.7. The Kier molecular flexibility index (Phi) is 1.77. The van der Waals surface area contributed by atoms with E-state index < -0.39 is 0 Å². The van der Waals surface area contributed by atoms with Gasteiger partial charge in [0.15, 0.2) is 0 Å². The Morgan fingerprint density at radius 3 is 3.17 bits per heavy atom. The third-order valence-corrected chi connectivity index (χ3v) is 3.06. The number of hydrogen-bond donors (Lipinski definition) is 1. The first-order valence-corrected chi connectivity index (χ1v) is 5.62. The minimum atomic E-state index is 0.853. The van der Waals surface area contributed by atoms with Gasteiger partial charge in [0.2, 0.25) is 0 Å². The second-order valence-corrected chi connectivity index (χ2v) is 4.10. The van der Waals surface area contributed by atoms with Crippen molar-refractivity contribution in [2.24, 2.45) is 0 Å². The first-order chi connectivity index (χ1) is 8.92. The molecule has 1 N–H and O–H groups in total. The topological polar surface area (TPSA) is 58.9 Å². The van der Waals surface area contributed by atoms with E-state index >= 15 is 0 Å². The predicted octanol–water partition coefficient (Wildman–Crippen LogP) is 2.27. The van der Waals surface area contributed by atoms with E-state index in [9.17, 15) is 0 Å². The molecule has 4 heterocycles. The molecule has 0 aromatic carbocycles. The van der Waals surface area contributed by atoms with E-state index in [1.807, 2.05) is 29.1 Å². The summed E-state index contributed by atoms with van der Waals surface area (Å²) in [5.41, 5.74) is 4.00. The van der Waals surface area contributed by atoms with E-state index in [4.69, 9.17) is 0 Å². The number of aromatic amines is 1. The van der Waals surface area contributed by atoms with Gasteiger partial charge in [0.05, 0.1) is 0 Å². The van der Waals surface area contributed by atoms with E-state index in [-0.39, 0.29) is 0 Å². The minimum Gasteiger partial charge on any atom is -0.345 e. The van der Waals surface area contributed by atoms with Crippen molar-refractivity contribution in [3.8, 4) is 11.1 Å². The summed E-state index contributed by atoms with van der Waals surface area (Å²) in [5.74, 6) is 0. The number of fused-ring (bicyclic) bond motifs is 2. The van der Waals surface area contributed by atoms with Gasteiger partial charge in [-0.25, -0.2) is 15.0 Å². The molecule has 0 fully saturated rings. The lowest BCUT2D eigenvalue weighted by atomic mass is 10.1. The Bertz CT molecular complexity index is 842. The molecule has 4 aromatic heterocycles. The molecule has 86 valence electrons. The summed E-state index contributed by atoms with van der Waals surface area (Å²) >= 11 is 0. The summed E-state index contributed by atoms with van der Waals surface area (Å²) in [6.45, 7) is 0. The number of H-pyrrole nitrogens is 1. The molecule has 0 bridgehead atoms. The van der Waals surface area contributed by atoms with Gasteiger partial charge in [-0.15, -0.1) is 0 Å². The van der Waals surface area contributed by atoms with Gasteiger partial charge < -0.3 is 9.38 Å². The molecule has 0 saturated carbocycles. The molecule has 5 nitrogen and oxygen atoms in total. The van der Waals surface area contributed by atoms with Crippen LogP contribution in [0.1, 0.15) is 0 Å². The smallest absolute Gasteiger partial charge is 0.141 e. The maximum absolute atomic E-state index is 4.23. The number of aromatic nitrogens is 5. The molecule has 0 aliphatic heterocycles. The van der Waals surface area contributed by atoms with Crippen molar-refractivity contribution in [3.05, 3.63) is 49.4 Å². The Morgan fingerprint density at radius 1 is 1.17 bits per heavy atom. The Morgan fingerprint density at radius 2 is 2.17 bits per heavy atom. The van der Waals surface area contributed by atoms with Crippen LogP contribution in [0.15, 0.2) is 49.4 Å². The number of imidazole rings is 1. The van der Waals surface area contributed by atoms with E-state index in [1.54, 1.807) is 12.5 Å². The van der Waals surface area contributed by atoms with Gasteiger partial charge in [-0.3, -0.25) is 0 Å². The molecule has 4 aromatic rings. The summed E-state index contributed by atoms with van der Waals surface area (Å²) in [6, 6.07) is 4.05. The molecular weight excluding hydrogens is 226 g/mol. The molecule has 0 aliphatic carbocycles. The van der Waals surface area contributed by atoms with Crippen molar-refractivity contribution < 1.29 is 0 Å². The Balaban J connectivity index is 2.00. The lowest BCUT2D eigenvalue weighted by molar-refractivity contribution is 1.19. The number of nitrogens with one attached hydrogen (secondary N) is 1. The zero-order valence-corrected chi connectivity index (χ0v) is 9.41. The van der Waals surface area contributed by atoms with Crippen LogP contribution in [0.25, 0.3) is 27.8 Å². The zero-order valence-electron chi connectivity index (χ0n) is 9.41. The van der Waals surface area contributed by atoms with Gasteiger partial charge in [-0.2, -0.15) is 0 Å². The average molecular weight is 235 g/mol. The predicted molar refractivity (Wildman–Crippen MR) is 68.1 cm³/mol. The fourth-order valence-electron chi connectivity index (χ4n) is 2.18. The van der Waals surface area contributed by atoms with E-state index in [1.165, 1.54) is 0 Å². The molecule has 4 rings (SSSR count). The third kappa shape index (κ3) is 1.24. The highest BCUT2D eigenvalue weighted by Gasteiger charge is 2.07. The van der Waals surface area contributed by atoms with Gasteiger partial charge in [0.1, 0.15) is 17.6 Å². The number of rotatable bonds is 1. The van der Waals surface area contributed by atoms with E-state index in [2.05, 4.69) is 32.2 Å². The second-order valence-electron chi connectivity index (χ2n) is 4.10. The van der Waals surface area contributed by atoms with Crippen LogP contribution in [0.2, 0.25) is 0 Å². The second kappa shape index (κ2) is 3.40. The van der Waals surface area contributed by atoms with Gasteiger partial charge in [0, 0.05) is 47.5 Å². The van der Waals surface area contributed by atoms with Crippen molar-refractivity contribution in [2.45, 2.75) is 0 Å². The monoisotopic (exact) mass is 235 g/mol. The highest BCUT2D eigenvalue weighted by atomic mass is 15.0. The maximum Gasteiger partial charge on any atom is 0.141 e. The summed E-state index contributed by atoms with van der Waals surface area (Å²) in [6.07, 6.45) is 11.1. The molecular formula is C13H9N5. The number of pyridine rings is 1. The SMILES string of the molecule is c1ncc2c(-c3ccc4nccn4c3)c[nH]c2n1. The molecule has 0 spiro atoms. The van der Waals surface area contributed by atoms with Crippen LogP contribution in [0, 0.1) is 0 Å². The minimum absolute atomic E-state index is 0.853. The third-order valence-electron chi connectivity index (χ3n) is 3.06. The lowest BCUT2D eigenvalue weighted by Gasteiger charge is -2.00. The highest BCUT2D eigenvalue weighted by molar-refractivity contribution is 5.92.